The summed E-state index contributed by atoms with van der Waals surface area (Å²) in [4.78, 5) is 17.2. The fourth-order valence-corrected chi connectivity index (χ4v) is 5.18. The third kappa shape index (κ3) is 3.31. The molecule has 2 aromatic heterocycles. The lowest BCUT2D eigenvalue weighted by Gasteiger charge is -2.33. The lowest BCUT2D eigenvalue weighted by atomic mass is 9.75. The first kappa shape index (κ1) is 19.3. The van der Waals surface area contributed by atoms with Crippen LogP contribution in [0.1, 0.15) is 50.1 Å². The molecule has 6 heteroatoms. The molecule has 1 aliphatic rings. The molecule has 0 aliphatic heterocycles. The standard InChI is InChI=1S/C24H23ClFN3O/c1-14(29-24(30)20-8-6-17(25)12-23(20)28-29)15-2-4-16(5-3-15)19-10-11-27-22-9-7-18(26)13-21(19)22/h6-16,28H,2-5H2,1H3/t14-,15?,16?/m1/s1. The topological polar surface area (TPSA) is 50.7 Å². The number of aromatic nitrogens is 3. The van der Waals surface area contributed by atoms with Crippen LogP contribution >= 0.6 is 11.6 Å². The van der Waals surface area contributed by atoms with Gasteiger partial charge in [-0.3, -0.25) is 14.9 Å². The number of nitrogens with one attached hydrogen (secondary N) is 1. The van der Waals surface area contributed by atoms with E-state index in [0.717, 1.165) is 42.1 Å². The first-order valence-corrected chi connectivity index (χ1v) is 10.8. The first-order chi connectivity index (χ1) is 14.5. The Labute approximate surface area is 178 Å². The number of hydrogen-bond donors (Lipinski definition) is 1. The molecule has 0 amide bonds. The normalized spacial score (nSPS) is 20.6. The molecular formula is C24H23ClFN3O. The number of pyridine rings is 1. The van der Waals surface area contributed by atoms with Crippen LogP contribution in [0, 0.1) is 11.7 Å². The van der Waals surface area contributed by atoms with Crippen molar-refractivity contribution in [2.75, 3.05) is 0 Å². The molecule has 5 rings (SSSR count). The van der Waals surface area contributed by atoms with Gasteiger partial charge < -0.3 is 0 Å². The van der Waals surface area contributed by atoms with Gasteiger partial charge >= 0.3 is 0 Å². The second kappa shape index (κ2) is 7.55. The number of halogens is 2. The van der Waals surface area contributed by atoms with Crippen LogP contribution in [0.5, 0.6) is 0 Å². The lowest BCUT2D eigenvalue weighted by molar-refractivity contribution is 0.233. The molecule has 1 saturated carbocycles. The number of benzene rings is 2. The van der Waals surface area contributed by atoms with Crippen LogP contribution in [-0.4, -0.2) is 14.8 Å². The van der Waals surface area contributed by atoms with E-state index in [9.17, 15) is 9.18 Å². The SMILES string of the molecule is C[C@H](C1CCC(c2ccnc3ccc(F)cc23)CC1)n1[nH]c2cc(Cl)ccc2c1=O. The van der Waals surface area contributed by atoms with Gasteiger partial charge in [-0.2, -0.15) is 0 Å². The second-order valence-corrected chi connectivity index (χ2v) is 8.83. The molecule has 2 heterocycles. The summed E-state index contributed by atoms with van der Waals surface area (Å²) >= 11 is 6.07. The molecule has 1 aliphatic carbocycles. The van der Waals surface area contributed by atoms with Crippen molar-refractivity contribution in [1.29, 1.82) is 0 Å². The van der Waals surface area contributed by atoms with Crippen LogP contribution < -0.4 is 5.56 Å². The van der Waals surface area contributed by atoms with E-state index >= 15 is 0 Å². The minimum atomic E-state index is -0.225. The van der Waals surface area contributed by atoms with Gasteiger partial charge in [0.25, 0.3) is 5.56 Å². The molecule has 1 N–H and O–H groups in total. The molecule has 4 aromatic rings. The van der Waals surface area contributed by atoms with Gasteiger partial charge in [0, 0.05) is 16.6 Å². The van der Waals surface area contributed by atoms with Crippen LogP contribution in [-0.2, 0) is 0 Å². The van der Waals surface area contributed by atoms with Crippen molar-refractivity contribution in [1.82, 2.24) is 14.8 Å². The van der Waals surface area contributed by atoms with Gasteiger partial charge in [0.05, 0.1) is 22.5 Å². The number of hydrogen-bond acceptors (Lipinski definition) is 2. The summed E-state index contributed by atoms with van der Waals surface area (Å²) in [5, 5.41) is 5.45. The highest BCUT2D eigenvalue weighted by Crippen LogP contribution is 2.41. The summed E-state index contributed by atoms with van der Waals surface area (Å²) in [6, 6.07) is 12.2. The van der Waals surface area contributed by atoms with Crippen LogP contribution in [0.25, 0.3) is 21.8 Å². The summed E-state index contributed by atoms with van der Waals surface area (Å²) in [5.74, 6) is 0.573. The minimum Gasteiger partial charge on any atom is -0.295 e. The number of H-pyrrole nitrogens is 1. The van der Waals surface area contributed by atoms with E-state index in [1.54, 1.807) is 35.0 Å². The monoisotopic (exact) mass is 423 g/mol. The largest absolute Gasteiger partial charge is 0.295 e. The van der Waals surface area contributed by atoms with Crippen LogP contribution in [0.4, 0.5) is 4.39 Å². The van der Waals surface area contributed by atoms with E-state index in [1.807, 2.05) is 12.3 Å². The Kier molecular flexibility index (Phi) is 4.86. The van der Waals surface area contributed by atoms with Gasteiger partial charge in [0.1, 0.15) is 5.82 Å². The molecule has 154 valence electrons. The molecule has 4 nitrogen and oxygen atoms in total. The predicted octanol–water partition coefficient (Wildman–Crippen LogP) is 6.21. The van der Waals surface area contributed by atoms with Crippen molar-refractivity contribution in [2.45, 2.75) is 44.6 Å². The molecule has 1 atom stereocenters. The van der Waals surface area contributed by atoms with Gasteiger partial charge in [0.15, 0.2) is 0 Å². The summed E-state index contributed by atoms with van der Waals surface area (Å²) in [7, 11) is 0. The van der Waals surface area contributed by atoms with Gasteiger partial charge in [-0.1, -0.05) is 11.6 Å². The number of aromatic amines is 1. The number of nitrogens with zero attached hydrogens (tertiary/aromatic N) is 2. The maximum Gasteiger partial charge on any atom is 0.274 e. The van der Waals surface area contributed by atoms with Crippen LogP contribution in [0.15, 0.2) is 53.5 Å². The van der Waals surface area contributed by atoms with E-state index in [2.05, 4.69) is 17.0 Å². The van der Waals surface area contributed by atoms with E-state index in [4.69, 9.17) is 11.6 Å². The Hall–Kier alpha value is -2.66. The summed E-state index contributed by atoms with van der Waals surface area (Å²) in [6.45, 7) is 2.11. The molecule has 0 radical (unpaired) electrons. The van der Waals surface area contributed by atoms with E-state index in [-0.39, 0.29) is 17.4 Å². The van der Waals surface area contributed by atoms with Gasteiger partial charge in [-0.15, -0.1) is 0 Å². The lowest BCUT2D eigenvalue weighted by Crippen LogP contribution is -2.28. The minimum absolute atomic E-state index is 0.00638. The van der Waals surface area contributed by atoms with Crippen molar-refractivity contribution in [3.8, 4) is 0 Å². The molecular weight excluding hydrogens is 401 g/mol. The third-order valence-electron chi connectivity index (χ3n) is 6.71. The highest BCUT2D eigenvalue weighted by atomic mass is 35.5. The Morgan fingerprint density at radius 2 is 1.90 bits per heavy atom. The Balaban J connectivity index is 1.37. The number of fused-ring (bicyclic) bond motifs is 2. The van der Waals surface area contributed by atoms with E-state index < -0.39 is 0 Å². The molecule has 0 unspecified atom stereocenters. The molecule has 0 saturated heterocycles. The van der Waals surface area contributed by atoms with Crippen molar-refractivity contribution in [3.63, 3.8) is 0 Å². The van der Waals surface area contributed by atoms with E-state index in [1.165, 1.54) is 11.6 Å². The van der Waals surface area contributed by atoms with Crippen molar-refractivity contribution in [2.24, 2.45) is 5.92 Å². The first-order valence-electron chi connectivity index (χ1n) is 10.4. The fraction of sp³-hybridized carbons (Fsp3) is 0.333. The Bertz CT molecular complexity index is 1290. The van der Waals surface area contributed by atoms with Gasteiger partial charge in [0.2, 0.25) is 0 Å². The zero-order valence-corrected chi connectivity index (χ0v) is 17.5. The Morgan fingerprint density at radius 1 is 1.10 bits per heavy atom. The maximum absolute atomic E-state index is 13.8. The average Bonchev–Trinajstić information content (AvgIpc) is 3.08. The Morgan fingerprint density at radius 3 is 2.70 bits per heavy atom. The van der Waals surface area contributed by atoms with Crippen LogP contribution in [0.2, 0.25) is 5.02 Å². The summed E-state index contributed by atoms with van der Waals surface area (Å²) in [6.07, 6.45) is 5.90. The quantitative estimate of drug-likeness (QED) is 0.426. The second-order valence-electron chi connectivity index (χ2n) is 8.39. The van der Waals surface area contributed by atoms with Crippen molar-refractivity contribution in [3.05, 3.63) is 75.4 Å². The molecule has 0 bridgehead atoms. The van der Waals surface area contributed by atoms with Crippen molar-refractivity contribution < 1.29 is 4.39 Å². The fourth-order valence-electron chi connectivity index (χ4n) is 5.01. The zero-order chi connectivity index (χ0) is 20.8. The summed E-state index contributed by atoms with van der Waals surface area (Å²) < 4.78 is 15.6. The third-order valence-corrected chi connectivity index (χ3v) is 6.95. The average molecular weight is 424 g/mol. The van der Waals surface area contributed by atoms with Crippen molar-refractivity contribution >= 4 is 33.4 Å². The smallest absolute Gasteiger partial charge is 0.274 e. The molecule has 1 fully saturated rings. The summed E-state index contributed by atoms with van der Waals surface area (Å²) in [5.41, 5.74) is 2.81. The zero-order valence-electron chi connectivity index (χ0n) is 16.7. The van der Waals surface area contributed by atoms with E-state index in [0.29, 0.717) is 22.2 Å². The highest BCUT2D eigenvalue weighted by Gasteiger charge is 2.29. The highest BCUT2D eigenvalue weighted by molar-refractivity contribution is 6.31. The number of rotatable bonds is 3. The molecule has 30 heavy (non-hydrogen) atoms. The van der Waals surface area contributed by atoms with Gasteiger partial charge in [-0.25, -0.2) is 9.07 Å². The molecule has 2 aromatic carbocycles. The van der Waals surface area contributed by atoms with Crippen LogP contribution in [0.3, 0.4) is 0 Å². The molecule has 0 spiro atoms. The van der Waals surface area contributed by atoms with Gasteiger partial charge in [-0.05, 0) is 92.5 Å². The maximum atomic E-state index is 13.8. The predicted molar refractivity (Wildman–Crippen MR) is 119 cm³/mol.